The van der Waals surface area contributed by atoms with Crippen molar-refractivity contribution in [3.8, 4) is 0 Å². The van der Waals surface area contributed by atoms with Gasteiger partial charge in [0.2, 0.25) is 0 Å². The Kier molecular flexibility index (Phi) is 7.25. The summed E-state index contributed by atoms with van der Waals surface area (Å²) in [5.41, 5.74) is 2.59. The molecule has 6 nitrogen and oxygen atoms in total. The maximum absolute atomic E-state index is 12.5. The molecule has 1 heterocycles. The van der Waals surface area contributed by atoms with Gasteiger partial charge in [-0.15, -0.1) is 0 Å². The summed E-state index contributed by atoms with van der Waals surface area (Å²) in [7, 11) is 0. The number of nitrogens with one attached hydrogen (secondary N) is 2. The first kappa shape index (κ1) is 20.9. The minimum absolute atomic E-state index is 0.0916. The fourth-order valence-electron chi connectivity index (χ4n) is 3.26. The molecular weight excluding hydrogens is 364 g/mol. The van der Waals surface area contributed by atoms with E-state index in [9.17, 15) is 9.59 Å². The van der Waals surface area contributed by atoms with Crippen LogP contribution in [0.2, 0.25) is 0 Å². The molecule has 0 aliphatic carbocycles. The molecule has 0 atom stereocenters. The van der Waals surface area contributed by atoms with Crippen LogP contribution in [0.25, 0.3) is 0 Å². The van der Waals surface area contributed by atoms with Gasteiger partial charge < -0.3 is 15.5 Å². The first-order valence-corrected chi connectivity index (χ1v) is 10.2. The highest BCUT2D eigenvalue weighted by molar-refractivity contribution is 5.95. The van der Waals surface area contributed by atoms with E-state index in [4.69, 9.17) is 0 Å². The second kappa shape index (κ2) is 10.1. The number of amides is 3. The molecule has 1 aliphatic rings. The van der Waals surface area contributed by atoms with Crippen LogP contribution in [0, 0.1) is 5.92 Å². The molecule has 0 radical (unpaired) electrons. The highest BCUT2D eigenvalue weighted by atomic mass is 16.2. The predicted molar refractivity (Wildman–Crippen MR) is 116 cm³/mol. The van der Waals surface area contributed by atoms with Gasteiger partial charge >= 0.3 is 6.03 Å². The topological polar surface area (TPSA) is 64.7 Å². The van der Waals surface area contributed by atoms with Crippen LogP contribution < -0.4 is 10.6 Å². The number of rotatable bonds is 6. The molecule has 0 spiro atoms. The number of carbonyl (C=O) groups excluding carboxylic acids is 2. The summed E-state index contributed by atoms with van der Waals surface area (Å²) >= 11 is 0. The number of piperazine rings is 1. The van der Waals surface area contributed by atoms with Crippen LogP contribution in [-0.2, 0) is 6.54 Å². The summed E-state index contributed by atoms with van der Waals surface area (Å²) in [5, 5.41) is 5.82. The summed E-state index contributed by atoms with van der Waals surface area (Å²) in [4.78, 5) is 28.8. The Hall–Kier alpha value is -2.86. The third kappa shape index (κ3) is 6.32. The standard InChI is InChI=1S/C23H30N4O2/c1-18(2)16-24-22(28)20-8-10-21(11-9-20)25-23(29)27-14-12-26(13-15-27)17-19-6-4-3-5-7-19/h3-11,18H,12-17H2,1-2H3,(H,24,28)(H,25,29). The molecule has 6 heteroatoms. The molecule has 29 heavy (non-hydrogen) atoms. The van der Waals surface area contributed by atoms with E-state index in [1.54, 1.807) is 24.3 Å². The molecule has 3 rings (SSSR count). The molecule has 0 bridgehead atoms. The van der Waals surface area contributed by atoms with Gasteiger partial charge in [-0.1, -0.05) is 44.2 Å². The molecule has 0 saturated carbocycles. The predicted octanol–water partition coefficient (Wildman–Crippen LogP) is 3.42. The number of anilines is 1. The fourth-order valence-corrected chi connectivity index (χ4v) is 3.26. The summed E-state index contributed by atoms with van der Waals surface area (Å²) in [6.07, 6.45) is 0. The van der Waals surface area contributed by atoms with E-state index in [1.807, 2.05) is 11.0 Å². The molecule has 2 aromatic carbocycles. The minimum atomic E-state index is -0.0960. The van der Waals surface area contributed by atoms with E-state index in [0.717, 1.165) is 19.6 Å². The van der Waals surface area contributed by atoms with Crippen molar-refractivity contribution in [1.29, 1.82) is 0 Å². The number of urea groups is 1. The summed E-state index contributed by atoms with van der Waals surface area (Å²) in [6.45, 7) is 8.79. The van der Waals surface area contributed by atoms with Crippen LogP contribution in [0.5, 0.6) is 0 Å². The van der Waals surface area contributed by atoms with Crippen LogP contribution in [0.4, 0.5) is 10.5 Å². The van der Waals surface area contributed by atoms with E-state index < -0.39 is 0 Å². The third-order valence-corrected chi connectivity index (χ3v) is 4.98. The van der Waals surface area contributed by atoms with E-state index in [1.165, 1.54) is 5.56 Å². The lowest BCUT2D eigenvalue weighted by Gasteiger charge is -2.34. The molecule has 1 saturated heterocycles. The lowest BCUT2D eigenvalue weighted by molar-refractivity contribution is 0.0949. The van der Waals surface area contributed by atoms with Crippen LogP contribution >= 0.6 is 0 Å². The van der Waals surface area contributed by atoms with Crippen molar-refractivity contribution in [3.05, 3.63) is 65.7 Å². The molecule has 1 aliphatic heterocycles. The van der Waals surface area contributed by atoms with E-state index in [0.29, 0.717) is 36.8 Å². The zero-order valence-corrected chi connectivity index (χ0v) is 17.2. The third-order valence-electron chi connectivity index (χ3n) is 4.98. The van der Waals surface area contributed by atoms with Crippen molar-refractivity contribution in [2.24, 2.45) is 5.92 Å². The largest absolute Gasteiger partial charge is 0.352 e. The van der Waals surface area contributed by atoms with Gasteiger partial charge in [-0.2, -0.15) is 0 Å². The summed E-state index contributed by atoms with van der Waals surface area (Å²) in [5.74, 6) is 0.316. The summed E-state index contributed by atoms with van der Waals surface area (Å²) in [6, 6.07) is 17.3. The smallest absolute Gasteiger partial charge is 0.321 e. The van der Waals surface area contributed by atoms with E-state index >= 15 is 0 Å². The number of hydrogen-bond acceptors (Lipinski definition) is 3. The van der Waals surface area contributed by atoms with Gasteiger partial charge in [0.25, 0.3) is 5.91 Å². The Morgan fingerprint density at radius 1 is 0.931 bits per heavy atom. The Balaban J connectivity index is 1.45. The lowest BCUT2D eigenvalue weighted by Crippen LogP contribution is -2.49. The Morgan fingerprint density at radius 2 is 1.59 bits per heavy atom. The molecule has 3 amide bonds. The normalized spacial score (nSPS) is 14.7. The van der Waals surface area contributed by atoms with Crippen molar-refractivity contribution < 1.29 is 9.59 Å². The van der Waals surface area contributed by atoms with Gasteiger partial charge in [0.1, 0.15) is 0 Å². The van der Waals surface area contributed by atoms with E-state index in [-0.39, 0.29) is 11.9 Å². The van der Waals surface area contributed by atoms with Crippen molar-refractivity contribution in [2.75, 3.05) is 38.0 Å². The van der Waals surface area contributed by atoms with Crippen LogP contribution in [-0.4, -0.2) is 54.5 Å². The highest BCUT2D eigenvalue weighted by Gasteiger charge is 2.21. The fraction of sp³-hybridized carbons (Fsp3) is 0.391. The number of benzene rings is 2. The van der Waals surface area contributed by atoms with Gasteiger partial charge in [-0.25, -0.2) is 4.79 Å². The zero-order valence-electron chi connectivity index (χ0n) is 17.2. The molecular formula is C23H30N4O2. The zero-order chi connectivity index (χ0) is 20.6. The quantitative estimate of drug-likeness (QED) is 0.789. The lowest BCUT2D eigenvalue weighted by atomic mass is 10.1. The minimum Gasteiger partial charge on any atom is -0.352 e. The van der Waals surface area contributed by atoms with E-state index in [2.05, 4.69) is 53.6 Å². The van der Waals surface area contributed by atoms with Crippen molar-refractivity contribution in [3.63, 3.8) is 0 Å². The number of nitrogens with zero attached hydrogens (tertiary/aromatic N) is 2. The SMILES string of the molecule is CC(C)CNC(=O)c1ccc(NC(=O)N2CCN(Cc3ccccc3)CC2)cc1. The molecule has 0 unspecified atom stereocenters. The molecule has 154 valence electrons. The van der Waals surface area contributed by atoms with Gasteiger partial charge in [0.05, 0.1) is 0 Å². The maximum atomic E-state index is 12.5. The van der Waals surface area contributed by atoms with Crippen LogP contribution in [0.15, 0.2) is 54.6 Å². The first-order chi connectivity index (χ1) is 14.0. The van der Waals surface area contributed by atoms with Crippen LogP contribution in [0.3, 0.4) is 0 Å². The van der Waals surface area contributed by atoms with Crippen molar-refractivity contribution in [2.45, 2.75) is 20.4 Å². The first-order valence-electron chi connectivity index (χ1n) is 10.2. The Morgan fingerprint density at radius 3 is 2.21 bits per heavy atom. The number of hydrogen-bond donors (Lipinski definition) is 2. The van der Waals surface area contributed by atoms with Crippen molar-refractivity contribution >= 4 is 17.6 Å². The van der Waals surface area contributed by atoms with Crippen molar-refractivity contribution in [1.82, 2.24) is 15.1 Å². The van der Waals surface area contributed by atoms with Crippen LogP contribution in [0.1, 0.15) is 29.8 Å². The Bertz CT molecular complexity index is 797. The molecule has 0 aromatic heterocycles. The second-order valence-electron chi connectivity index (χ2n) is 7.86. The number of carbonyl (C=O) groups is 2. The summed E-state index contributed by atoms with van der Waals surface area (Å²) < 4.78 is 0. The van der Waals surface area contributed by atoms with Gasteiger partial charge in [0, 0.05) is 50.5 Å². The molecule has 2 aromatic rings. The average molecular weight is 395 g/mol. The second-order valence-corrected chi connectivity index (χ2v) is 7.86. The monoisotopic (exact) mass is 394 g/mol. The average Bonchev–Trinajstić information content (AvgIpc) is 2.74. The molecule has 1 fully saturated rings. The Labute approximate surface area is 172 Å². The van der Waals surface area contributed by atoms with Gasteiger partial charge in [-0.05, 0) is 35.7 Å². The van der Waals surface area contributed by atoms with Gasteiger partial charge in [-0.3, -0.25) is 9.69 Å². The maximum Gasteiger partial charge on any atom is 0.321 e. The van der Waals surface area contributed by atoms with Gasteiger partial charge in [0.15, 0.2) is 0 Å². The molecule has 2 N–H and O–H groups in total. The highest BCUT2D eigenvalue weighted by Crippen LogP contribution is 2.13.